The molecule has 2 saturated carbocycles. The molecule has 5 heteroatoms. The molecule has 4 N–H and O–H groups in total. The monoisotopic (exact) mass is 345 g/mol. The van der Waals surface area contributed by atoms with E-state index in [1.807, 2.05) is 24.3 Å². The summed E-state index contributed by atoms with van der Waals surface area (Å²) in [6.07, 6.45) is 5.64. The molecule has 2 bridgehead atoms. The van der Waals surface area contributed by atoms with Crippen molar-refractivity contribution in [1.29, 1.82) is 0 Å². The Balaban J connectivity index is 1.44. The third kappa shape index (κ3) is 3.39. The Morgan fingerprint density at radius 1 is 1.08 bits per heavy atom. The number of carbonyl (C=O) groups is 1. The molecule has 0 spiro atoms. The topological polar surface area (TPSA) is 67.1 Å². The minimum absolute atomic E-state index is 0.186. The van der Waals surface area contributed by atoms with Crippen LogP contribution in [0.1, 0.15) is 55.7 Å². The molecular weight excluding hydrogens is 317 g/mol. The van der Waals surface area contributed by atoms with Crippen molar-refractivity contribution in [3.63, 3.8) is 0 Å². The van der Waals surface area contributed by atoms with Crippen LogP contribution in [0.4, 0.5) is 9.18 Å². The van der Waals surface area contributed by atoms with Gasteiger partial charge in [-0.25, -0.2) is 9.18 Å². The minimum Gasteiger partial charge on any atom is -0.335 e. The lowest BCUT2D eigenvalue weighted by molar-refractivity contribution is 0.112. The summed E-state index contributed by atoms with van der Waals surface area (Å²) in [5, 5.41) is 6.08. The van der Waals surface area contributed by atoms with Gasteiger partial charge >= 0.3 is 6.03 Å². The number of halogens is 1. The van der Waals surface area contributed by atoms with E-state index in [4.69, 9.17) is 5.73 Å². The summed E-state index contributed by atoms with van der Waals surface area (Å²) >= 11 is 0. The molecule has 1 aromatic rings. The van der Waals surface area contributed by atoms with E-state index < -0.39 is 12.2 Å². The molecule has 2 amide bonds. The Labute approximate surface area is 148 Å². The lowest BCUT2D eigenvalue weighted by atomic mass is 9.67. The van der Waals surface area contributed by atoms with Crippen molar-refractivity contribution in [3.05, 3.63) is 35.4 Å². The van der Waals surface area contributed by atoms with Gasteiger partial charge in [-0.1, -0.05) is 30.7 Å². The SMILES string of the molecule is NC1CC2CCCC(C1)C2NC(=O)NC1c2ccccc2CCC1F. The van der Waals surface area contributed by atoms with Crippen LogP contribution in [-0.2, 0) is 6.42 Å². The molecule has 3 aliphatic rings. The lowest BCUT2D eigenvalue weighted by Crippen LogP contribution is -2.56. The number of rotatable bonds is 2. The van der Waals surface area contributed by atoms with E-state index >= 15 is 0 Å². The smallest absolute Gasteiger partial charge is 0.315 e. The third-order valence-corrected chi connectivity index (χ3v) is 6.40. The molecule has 1 aromatic carbocycles. The average Bonchev–Trinajstić information content (AvgIpc) is 2.58. The van der Waals surface area contributed by atoms with Gasteiger partial charge < -0.3 is 16.4 Å². The molecule has 4 rings (SSSR count). The summed E-state index contributed by atoms with van der Waals surface area (Å²) in [4.78, 5) is 12.6. The fraction of sp³-hybridized carbons (Fsp3) is 0.650. The highest BCUT2D eigenvalue weighted by Crippen LogP contribution is 2.39. The first-order chi connectivity index (χ1) is 12.1. The molecule has 3 aliphatic carbocycles. The van der Waals surface area contributed by atoms with Crippen molar-refractivity contribution in [2.75, 3.05) is 0 Å². The fourth-order valence-corrected chi connectivity index (χ4v) is 5.25. The van der Waals surface area contributed by atoms with Crippen molar-refractivity contribution in [3.8, 4) is 0 Å². The van der Waals surface area contributed by atoms with Crippen LogP contribution in [-0.4, -0.2) is 24.3 Å². The van der Waals surface area contributed by atoms with Gasteiger partial charge in [-0.05, 0) is 61.5 Å². The van der Waals surface area contributed by atoms with Gasteiger partial charge in [0.2, 0.25) is 0 Å². The predicted octanol–water partition coefficient (Wildman–Crippen LogP) is 3.22. The van der Waals surface area contributed by atoms with E-state index in [2.05, 4.69) is 10.6 Å². The van der Waals surface area contributed by atoms with E-state index in [1.165, 1.54) is 6.42 Å². The molecule has 4 atom stereocenters. The van der Waals surface area contributed by atoms with E-state index in [1.54, 1.807) is 0 Å². The zero-order chi connectivity index (χ0) is 17.4. The van der Waals surface area contributed by atoms with Crippen LogP contribution in [0.25, 0.3) is 0 Å². The maximum Gasteiger partial charge on any atom is 0.315 e. The lowest BCUT2D eigenvalue weighted by Gasteiger charge is -2.45. The van der Waals surface area contributed by atoms with Crippen molar-refractivity contribution in [2.24, 2.45) is 17.6 Å². The number of fused-ring (bicyclic) bond motifs is 3. The molecule has 136 valence electrons. The minimum atomic E-state index is -1.03. The second-order valence-corrected chi connectivity index (χ2v) is 8.06. The number of aryl methyl sites for hydroxylation is 1. The number of nitrogens with two attached hydrogens (primary N) is 1. The number of benzene rings is 1. The van der Waals surface area contributed by atoms with Gasteiger partial charge in [-0.2, -0.15) is 0 Å². The largest absolute Gasteiger partial charge is 0.335 e. The zero-order valence-electron chi connectivity index (χ0n) is 14.6. The maximum atomic E-state index is 14.5. The molecule has 0 heterocycles. The number of alkyl halides is 1. The highest BCUT2D eigenvalue weighted by Gasteiger charge is 2.40. The van der Waals surface area contributed by atoms with Gasteiger partial charge in [0.1, 0.15) is 6.17 Å². The summed E-state index contributed by atoms with van der Waals surface area (Å²) < 4.78 is 14.5. The number of nitrogens with one attached hydrogen (secondary N) is 2. The first-order valence-corrected chi connectivity index (χ1v) is 9.66. The molecule has 0 radical (unpaired) electrons. The number of urea groups is 1. The molecule has 4 nitrogen and oxygen atoms in total. The second kappa shape index (κ2) is 6.94. The number of hydrogen-bond donors (Lipinski definition) is 3. The molecule has 0 aromatic heterocycles. The Morgan fingerprint density at radius 3 is 2.56 bits per heavy atom. The highest BCUT2D eigenvalue weighted by atomic mass is 19.1. The fourth-order valence-electron chi connectivity index (χ4n) is 5.25. The van der Waals surface area contributed by atoms with Crippen LogP contribution in [0.5, 0.6) is 0 Å². The molecular formula is C20H28FN3O. The van der Waals surface area contributed by atoms with E-state index in [9.17, 15) is 9.18 Å². The number of carbonyl (C=O) groups excluding carboxylic acids is 1. The van der Waals surface area contributed by atoms with Gasteiger partial charge in [0.05, 0.1) is 6.04 Å². The van der Waals surface area contributed by atoms with Crippen LogP contribution in [0.3, 0.4) is 0 Å². The van der Waals surface area contributed by atoms with Crippen molar-refractivity contribution < 1.29 is 9.18 Å². The van der Waals surface area contributed by atoms with E-state index in [0.29, 0.717) is 18.3 Å². The van der Waals surface area contributed by atoms with Gasteiger partial charge in [0.25, 0.3) is 0 Å². The van der Waals surface area contributed by atoms with Crippen molar-refractivity contribution >= 4 is 6.03 Å². The van der Waals surface area contributed by atoms with Gasteiger partial charge in [0.15, 0.2) is 0 Å². The van der Waals surface area contributed by atoms with Crippen LogP contribution >= 0.6 is 0 Å². The molecule has 0 aliphatic heterocycles. The van der Waals surface area contributed by atoms with Crippen molar-refractivity contribution in [1.82, 2.24) is 10.6 Å². The molecule has 0 saturated heterocycles. The van der Waals surface area contributed by atoms with Crippen LogP contribution in [0, 0.1) is 11.8 Å². The number of hydrogen-bond acceptors (Lipinski definition) is 2. The quantitative estimate of drug-likeness (QED) is 0.770. The van der Waals surface area contributed by atoms with E-state index in [-0.39, 0.29) is 18.1 Å². The second-order valence-electron chi connectivity index (χ2n) is 8.06. The summed E-state index contributed by atoms with van der Waals surface area (Å²) in [7, 11) is 0. The van der Waals surface area contributed by atoms with Crippen LogP contribution < -0.4 is 16.4 Å². The first kappa shape index (κ1) is 16.8. The Hall–Kier alpha value is -1.62. The van der Waals surface area contributed by atoms with Gasteiger partial charge in [-0.3, -0.25) is 0 Å². The summed E-state index contributed by atoms with van der Waals surface area (Å²) in [6, 6.07) is 7.51. The summed E-state index contributed by atoms with van der Waals surface area (Å²) in [6.45, 7) is 0. The van der Waals surface area contributed by atoms with Crippen LogP contribution in [0.15, 0.2) is 24.3 Å². The Morgan fingerprint density at radius 2 is 1.80 bits per heavy atom. The maximum absolute atomic E-state index is 14.5. The molecule has 25 heavy (non-hydrogen) atoms. The van der Waals surface area contributed by atoms with Gasteiger partial charge in [-0.15, -0.1) is 0 Å². The first-order valence-electron chi connectivity index (χ1n) is 9.66. The Kier molecular flexibility index (Phi) is 4.67. The number of amides is 2. The van der Waals surface area contributed by atoms with E-state index in [0.717, 1.165) is 43.2 Å². The molecule has 2 fully saturated rings. The molecule has 4 unspecified atom stereocenters. The Bertz CT molecular complexity index is 623. The highest BCUT2D eigenvalue weighted by molar-refractivity contribution is 5.75. The van der Waals surface area contributed by atoms with Crippen molar-refractivity contribution in [2.45, 2.75) is 69.2 Å². The summed E-state index contributed by atoms with van der Waals surface area (Å²) in [5.41, 5.74) is 8.22. The average molecular weight is 345 g/mol. The normalized spacial score (nSPS) is 37.0. The van der Waals surface area contributed by atoms with Gasteiger partial charge in [0, 0.05) is 12.1 Å². The summed E-state index contributed by atoms with van der Waals surface area (Å²) in [5.74, 6) is 0.932. The standard InChI is InChI=1S/C20H28FN3O/c21-17-9-8-12-4-1-2-7-16(12)19(17)24-20(25)23-18-13-5-3-6-14(18)11-15(22)10-13/h1-2,4,7,13-15,17-19H,3,5-6,8-11,22H2,(H2,23,24,25). The predicted molar refractivity (Wildman–Crippen MR) is 95.9 cm³/mol. The van der Waals surface area contributed by atoms with Crippen LogP contribution in [0.2, 0.25) is 0 Å². The third-order valence-electron chi connectivity index (χ3n) is 6.40. The zero-order valence-corrected chi connectivity index (χ0v) is 14.6.